The number of fused-ring (bicyclic) bond motifs is 2. The number of anilines is 4. The summed E-state index contributed by atoms with van der Waals surface area (Å²) in [5.74, 6) is -1.27. The lowest BCUT2D eigenvalue weighted by atomic mass is 9.74. The van der Waals surface area contributed by atoms with Gasteiger partial charge in [-0.3, -0.25) is 29.4 Å². The van der Waals surface area contributed by atoms with Crippen LogP contribution in [0.25, 0.3) is 11.3 Å². The van der Waals surface area contributed by atoms with E-state index in [1.807, 2.05) is 19.1 Å². The van der Waals surface area contributed by atoms with Gasteiger partial charge in [0.15, 0.2) is 0 Å². The molecule has 4 amide bonds. The molecular formula is C45H46FN9O4. The predicted octanol–water partition coefficient (Wildman–Crippen LogP) is 5.94. The van der Waals surface area contributed by atoms with E-state index in [2.05, 4.69) is 67.1 Å². The highest BCUT2D eigenvalue weighted by Gasteiger charge is 2.37. The summed E-state index contributed by atoms with van der Waals surface area (Å²) in [4.78, 5) is 59.3. The Morgan fingerprint density at radius 1 is 0.881 bits per heavy atom. The number of hydrogen-bond acceptors (Lipinski definition) is 9. The fourth-order valence-electron chi connectivity index (χ4n) is 9.06. The molecule has 13 nitrogen and oxygen atoms in total. The SMILES string of the molecule is Cc1cccc(NC(=O)c2ccc(-c3nn4c(c3C(N)=O)Nc3ccc(N5CCN(C6CC(c7ccc([C@@H]8CCC(=O)NC8=O)cc7)C6)CC5)cc3CC4)c(F)c2C)n1. The van der Waals surface area contributed by atoms with Crippen molar-refractivity contribution in [1.29, 1.82) is 0 Å². The zero-order chi connectivity index (χ0) is 40.9. The minimum absolute atomic E-state index is 0.0803. The van der Waals surface area contributed by atoms with Gasteiger partial charge in [-0.05, 0) is 110 Å². The number of primary amides is 1. The second-order valence-corrected chi connectivity index (χ2v) is 16.1. The normalized spacial score (nSPS) is 20.4. The van der Waals surface area contributed by atoms with Crippen LogP contribution >= 0.6 is 0 Å². The topological polar surface area (TPSA) is 168 Å². The molecule has 5 N–H and O–H groups in total. The fourth-order valence-corrected chi connectivity index (χ4v) is 9.06. The lowest BCUT2D eigenvalue weighted by molar-refractivity contribution is -0.134. The van der Waals surface area contributed by atoms with Crippen molar-refractivity contribution < 1.29 is 23.6 Å². The summed E-state index contributed by atoms with van der Waals surface area (Å²) in [6.45, 7) is 7.57. The van der Waals surface area contributed by atoms with Gasteiger partial charge in [-0.2, -0.15) is 5.10 Å². The number of carbonyl (C=O) groups is 4. The molecule has 5 aromatic rings. The van der Waals surface area contributed by atoms with E-state index in [9.17, 15) is 19.2 Å². The van der Waals surface area contributed by atoms with Crippen LogP contribution in [0.3, 0.4) is 0 Å². The summed E-state index contributed by atoms with van der Waals surface area (Å²) in [5.41, 5.74) is 12.6. The molecule has 3 aliphatic heterocycles. The molecule has 3 fully saturated rings. The molecule has 1 atom stereocenters. The highest BCUT2D eigenvalue weighted by atomic mass is 19.1. The Labute approximate surface area is 341 Å². The third kappa shape index (κ3) is 7.33. The maximum absolute atomic E-state index is 16.1. The third-order valence-electron chi connectivity index (χ3n) is 12.5. The maximum atomic E-state index is 16.1. The number of piperidine rings is 1. The quantitative estimate of drug-likeness (QED) is 0.139. The second kappa shape index (κ2) is 15.4. The Morgan fingerprint density at radius 2 is 1.64 bits per heavy atom. The molecule has 0 radical (unpaired) electrons. The van der Waals surface area contributed by atoms with E-state index in [1.54, 1.807) is 16.8 Å². The van der Waals surface area contributed by atoms with Crippen LogP contribution in [-0.4, -0.2) is 75.5 Å². The van der Waals surface area contributed by atoms with Crippen LogP contribution in [0.2, 0.25) is 0 Å². The number of imide groups is 1. The number of rotatable bonds is 8. The summed E-state index contributed by atoms with van der Waals surface area (Å²) in [5, 5.41) is 13.3. The van der Waals surface area contributed by atoms with Gasteiger partial charge in [0.25, 0.3) is 11.8 Å². The van der Waals surface area contributed by atoms with Crippen molar-refractivity contribution in [3.05, 3.63) is 118 Å². The molecule has 1 aliphatic carbocycles. The molecule has 302 valence electrons. The van der Waals surface area contributed by atoms with Gasteiger partial charge < -0.3 is 21.3 Å². The predicted molar refractivity (Wildman–Crippen MR) is 222 cm³/mol. The number of aromatic nitrogens is 3. The van der Waals surface area contributed by atoms with E-state index in [0.29, 0.717) is 49.4 Å². The molecule has 0 spiro atoms. The Hall–Kier alpha value is -6.41. The number of aryl methyl sites for hydroxylation is 3. The van der Waals surface area contributed by atoms with Crippen molar-refractivity contribution in [2.24, 2.45) is 5.73 Å². The van der Waals surface area contributed by atoms with Crippen molar-refractivity contribution in [3.8, 4) is 11.3 Å². The monoisotopic (exact) mass is 795 g/mol. The molecule has 3 aromatic carbocycles. The van der Waals surface area contributed by atoms with Crippen LogP contribution in [0.4, 0.5) is 27.4 Å². The number of halogens is 1. The minimum atomic E-state index is -0.739. The van der Waals surface area contributed by atoms with Crippen LogP contribution in [0.1, 0.15) is 86.2 Å². The summed E-state index contributed by atoms with van der Waals surface area (Å²) in [7, 11) is 0. The van der Waals surface area contributed by atoms with E-state index in [4.69, 9.17) is 10.8 Å². The minimum Gasteiger partial charge on any atom is -0.369 e. The molecule has 2 aromatic heterocycles. The lowest BCUT2D eigenvalue weighted by Gasteiger charge is -2.47. The van der Waals surface area contributed by atoms with Crippen LogP contribution in [0, 0.1) is 19.7 Å². The summed E-state index contributed by atoms with van der Waals surface area (Å²) in [6, 6.07) is 23.5. The number of nitrogens with one attached hydrogen (secondary N) is 3. The van der Waals surface area contributed by atoms with E-state index < -0.39 is 17.6 Å². The maximum Gasteiger partial charge on any atom is 0.257 e. The Balaban J connectivity index is 0.835. The van der Waals surface area contributed by atoms with Crippen molar-refractivity contribution in [3.63, 3.8) is 0 Å². The molecular weight excluding hydrogens is 750 g/mol. The van der Waals surface area contributed by atoms with Gasteiger partial charge in [0, 0.05) is 73.4 Å². The smallest absolute Gasteiger partial charge is 0.257 e. The average Bonchev–Trinajstić information content (AvgIpc) is 3.46. The molecule has 4 aliphatic rings. The first kappa shape index (κ1) is 38.1. The highest BCUT2D eigenvalue weighted by Crippen LogP contribution is 2.42. The number of hydrogen-bond donors (Lipinski definition) is 4. The zero-order valence-corrected chi connectivity index (χ0v) is 33.1. The first-order valence-corrected chi connectivity index (χ1v) is 20.3. The molecule has 0 unspecified atom stereocenters. The number of nitrogens with two attached hydrogens (primary N) is 1. The van der Waals surface area contributed by atoms with Crippen molar-refractivity contribution >= 4 is 46.6 Å². The summed E-state index contributed by atoms with van der Waals surface area (Å²) >= 11 is 0. The van der Waals surface area contributed by atoms with E-state index in [-0.39, 0.29) is 45.7 Å². The molecule has 9 rings (SSSR count). The van der Waals surface area contributed by atoms with Crippen molar-refractivity contribution in [2.45, 2.75) is 70.4 Å². The number of benzene rings is 3. The molecule has 59 heavy (non-hydrogen) atoms. The van der Waals surface area contributed by atoms with Crippen LogP contribution in [0.5, 0.6) is 0 Å². The third-order valence-corrected chi connectivity index (χ3v) is 12.5. The number of piperazine rings is 1. The van der Waals surface area contributed by atoms with Crippen molar-refractivity contribution in [2.75, 3.05) is 41.7 Å². The summed E-state index contributed by atoms with van der Waals surface area (Å²) < 4.78 is 17.8. The molecule has 1 saturated carbocycles. The standard InChI is InChI=1S/C45H46FN9O4/c1-25-4-3-5-37(48-25)50-44(58)33-11-12-35(40(46)26(33)2)41-39(42(47)57)43-49-36-14-10-31(22-29(36)16-17-55(43)52-41)53-18-20-54(21-19-53)32-23-30(24-32)27-6-8-28(9-7-27)34-13-15-38(56)51-45(34)59/h3-12,14,22,30,32,34,49H,13,15-21,23-24H2,1-2H3,(H2,47,57)(H,48,50,58)(H,51,56,59)/t30?,32?,34-/m0/s1. The van der Waals surface area contributed by atoms with Crippen molar-refractivity contribution in [1.82, 2.24) is 25.0 Å². The first-order chi connectivity index (χ1) is 28.5. The number of nitrogens with zero attached hydrogens (tertiary/aromatic N) is 5. The molecule has 5 heterocycles. The fraction of sp³-hybridized carbons (Fsp3) is 0.333. The Morgan fingerprint density at radius 3 is 2.37 bits per heavy atom. The molecule has 2 saturated heterocycles. The first-order valence-electron chi connectivity index (χ1n) is 20.3. The zero-order valence-electron chi connectivity index (χ0n) is 33.1. The number of pyridine rings is 1. The summed E-state index contributed by atoms with van der Waals surface area (Å²) in [6.07, 6.45) is 3.81. The van der Waals surface area contributed by atoms with Gasteiger partial charge in [-0.15, -0.1) is 0 Å². The average molecular weight is 796 g/mol. The highest BCUT2D eigenvalue weighted by molar-refractivity contribution is 6.07. The lowest BCUT2D eigenvalue weighted by Crippen LogP contribution is -2.53. The number of amides is 4. The van der Waals surface area contributed by atoms with Gasteiger partial charge in [0.2, 0.25) is 11.8 Å². The van der Waals surface area contributed by atoms with Crippen LogP contribution in [-0.2, 0) is 22.6 Å². The van der Waals surface area contributed by atoms with Gasteiger partial charge in [0.1, 0.15) is 28.7 Å². The Bertz CT molecular complexity index is 2500. The second-order valence-electron chi connectivity index (χ2n) is 16.1. The van der Waals surface area contributed by atoms with Gasteiger partial charge in [0.05, 0.1) is 5.92 Å². The molecule has 0 bridgehead atoms. The van der Waals surface area contributed by atoms with Crippen LogP contribution < -0.4 is 26.6 Å². The van der Waals surface area contributed by atoms with Gasteiger partial charge in [-0.1, -0.05) is 30.3 Å². The van der Waals surface area contributed by atoms with E-state index >= 15 is 4.39 Å². The van der Waals surface area contributed by atoms with Gasteiger partial charge >= 0.3 is 0 Å². The van der Waals surface area contributed by atoms with Gasteiger partial charge in [-0.25, -0.2) is 14.1 Å². The van der Waals surface area contributed by atoms with Crippen LogP contribution in [0.15, 0.2) is 72.8 Å². The van der Waals surface area contributed by atoms with E-state index in [1.165, 1.54) is 24.6 Å². The molecule has 14 heteroatoms. The number of carbonyl (C=O) groups excluding carboxylic acids is 4. The largest absolute Gasteiger partial charge is 0.369 e. The van der Waals surface area contributed by atoms with E-state index in [0.717, 1.165) is 67.2 Å². The Kier molecular flexibility index (Phi) is 9.95.